The number of sulfone groups is 1. The van der Waals surface area contributed by atoms with E-state index in [9.17, 15) is 18.3 Å². The van der Waals surface area contributed by atoms with Crippen LogP contribution in [0.5, 0.6) is 0 Å². The molecular formula is C21H19Cl2N3O4S2. The van der Waals surface area contributed by atoms with Gasteiger partial charge >= 0.3 is 5.97 Å². The van der Waals surface area contributed by atoms with Crippen LogP contribution in [0.2, 0.25) is 10.0 Å². The number of aromatic nitrogens is 1. The van der Waals surface area contributed by atoms with E-state index in [0.717, 1.165) is 5.75 Å². The number of pyridine rings is 1. The summed E-state index contributed by atoms with van der Waals surface area (Å²) in [7, 11) is -3.78. The van der Waals surface area contributed by atoms with E-state index in [1.54, 1.807) is 36.9 Å². The number of nitrogens with zero attached hydrogens (tertiary/aromatic N) is 1. The number of carboxylic acid groups (broad SMARTS) is 1. The fraction of sp³-hybridized carbons (Fsp3) is 0.238. The molecule has 1 fully saturated rings. The number of benzene rings is 2. The highest BCUT2D eigenvalue weighted by atomic mass is 35.5. The van der Waals surface area contributed by atoms with E-state index < -0.39 is 21.2 Å². The van der Waals surface area contributed by atoms with Crippen molar-refractivity contribution in [2.24, 2.45) is 0 Å². The summed E-state index contributed by atoms with van der Waals surface area (Å²) in [5.74, 6) is 0.0970. The highest BCUT2D eigenvalue weighted by Gasteiger charge is 2.31. The molecule has 7 nitrogen and oxygen atoms in total. The van der Waals surface area contributed by atoms with Gasteiger partial charge in [0.25, 0.3) is 0 Å². The van der Waals surface area contributed by atoms with Gasteiger partial charge in [0.15, 0.2) is 5.03 Å². The van der Waals surface area contributed by atoms with Gasteiger partial charge < -0.3 is 10.4 Å². The van der Waals surface area contributed by atoms with Crippen molar-refractivity contribution in [3.05, 3.63) is 57.6 Å². The average Bonchev–Trinajstić information content (AvgIpc) is 2.75. The van der Waals surface area contributed by atoms with Crippen LogP contribution in [0.1, 0.15) is 15.9 Å². The first-order valence-electron chi connectivity index (χ1n) is 9.62. The molecule has 1 atom stereocenters. The number of hydrogen-bond acceptors (Lipinski definition) is 7. The Morgan fingerprint density at radius 2 is 1.97 bits per heavy atom. The van der Waals surface area contributed by atoms with Crippen LogP contribution in [0.4, 0.5) is 11.4 Å². The number of thioether (sulfide) groups is 1. The molecule has 2 heterocycles. The molecule has 0 saturated carbocycles. The van der Waals surface area contributed by atoms with E-state index in [-0.39, 0.29) is 21.3 Å². The van der Waals surface area contributed by atoms with Crippen molar-refractivity contribution >= 4 is 73.0 Å². The maximum absolute atomic E-state index is 13.3. The van der Waals surface area contributed by atoms with Crippen LogP contribution in [0.25, 0.3) is 10.9 Å². The van der Waals surface area contributed by atoms with Crippen molar-refractivity contribution in [3.8, 4) is 0 Å². The standard InChI is InChI=1S/C21H19Cl2N3O4S2/c1-11-6-13(23)8-14-17(25-16-3-2-12(22)7-15(16)21(27)28)9-18(26-20(11)14)32(29,30)19-10-31-5-4-24-19/h2-3,6-9,19,24H,4-5,10H2,1H3,(H,25,26)(H,27,28). The molecule has 3 N–H and O–H groups in total. The molecule has 0 bridgehead atoms. The molecule has 1 aliphatic rings. The molecule has 0 radical (unpaired) electrons. The molecule has 1 aromatic heterocycles. The number of hydrogen-bond donors (Lipinski definition) is 3. The maximum atomic E-state index is 13.3. The van der Waals surface area contributed by atoms with Crippen LogP contribution in [0.3, 0.4) is 0 Å². The normalized spacial score (nSPS) is 16.8. The second-order valence-electron chi connectivity index (χ2n) is 7.31. The molecule has 4 rings (SSSR count). The third kappa shape index (κ3) is 4.53. The van der Waals surface area contributed by atoms with Crippen LogP contribution in [0, 0.1) is 6.92 Å². The average molecular weight is 512 g/mol. The highest BCUT2D eigenvalue weighted by molar-refractivity contribution is 8.01. The number of nitrogens with one attached hydrogen (secondary N) is 2. The van der Waals surface area contributed by atoms with Gasteiger partial charge in [-0.15, -0.1) is 0 Å². The summed E-state index contributed by atoms with van der Waals surface area (Å²) < 4.78 is 26.7. The lowest BCUT2D eigenvalue weighted by atomic mass is 10.1. The van der Waals surface area contributed by atoms with Crippen molar-refractivity contribution in [1.82, 2.24) is 10.3 Å². The fourth-order valence-corrected chi connectivity index (χ4v) is 6.86. The second kappa shape index (κ2) is 9.07. The SMILES string of the molecule is Cc1cc(Cl)cc2c(Nc3ccc(Cl)cc3C(=O)O)cc(S(=O)(=O)C3CSCCN3)nc12. The summed E-state index contributed by atoms with van der Waals surface area (Å²) in [6.45, 7) is 2.38. The minimum atomic E-state index is -3.78. The largest absolute Gasteiger partial charge is 0.478 e. The first-order chi connectivity index (χ1) is 15.2. The number of aromatic carboxylic acids is 1. The molecule has 32 heavy (non-hydrogen) atoms. The van der Waals surface area contributed by atoms with E-state index in [1.807, 2.05) is 0 Å². The van der Waals surface area contributed by atoms with Crippen molar-refractivity contribution in [1.29, 1.82) is 0 Å². The molecule has 0 spiro atoms. The van der Waals surface area contributed by atoms with Gasteiger partial charge in [-0.05, 0) is 48.9 Å². The fourth-order valence-electron chi connectivity index (χ4n) is 3.52. The number of carbonyl (C=O) groups is 1. The summed E-state index contributed by atoms with van der Waals surface area (Å²) in [5, 5.41) is 16.2. The van der Waals surface area contributed by atoms with Gasteiger partial charge in [0, 0.05) is 33.5 Å². The van der Waals surface area contributed by atoms with E-state index in [0.29, 0.717) is 39.5 Å². The van der Waals surface area contributed by atoms with Gasteiger partial charge in [-0.3, -0.25) is 5.32 Å². The maximum Gasteiger partial charge on any atom is 0.337 e. The number of fused-ring (bicyclic) bond motifs is 1. The molecule has 1 aliphatic heterocycles. The van der Waals surface area contributed by atoms with E-state index in [1.165, 1.54) is 18.2 Å². The second-order valence-corrected chi connectivity index (χ2v) is 11.4. The zero-order chi connectivity index (χ0) is 23.0. The molecule has 0 amide bonds. The Balaban J connectivity index is 1.91. The topological polar surface area (TPSA) is 108 Å². The van der Waals surface area contributed by atoms with Gasteiger partial charge in [-0.1, -0.05) is 23.2 Å². The predicted octanol–water partition coefficient (Wildman–Crippen LogP) is 4.73. The zero-order valence-electron chi connectivity index (χ0n) is 16.9. The third-order valence-corrected chi connectivity index (χ3v) is 8.68. The molecule has 11 heteroatoms. The summed E-state index contributed by atoms with van der Waals surface area (Å²) in [6.07, 6.45) is 0. The van der Waals surface area contributed by atoms with E-state index in [2.05, 4.69) is 15.6 Å². The molecule has 3 aromatic rings. The minimum Gasteiger partial charge on any atom is -0.478 e. The Morgan fingerprint density at radius 3 is 2.66 bits per heavy atom. The first-order valence-corrected chi connectivity index (χ1v) is 13.1. The van der Waals surface area contributed by atoms with Gasteiger partial charge in [-0.25, -0.2) is 18.2 Å². The van der Waals surface area contributed by atoms with Gasteiger partial charge in [0.1, 0.15) is 5.37 Å². The van der Waals surface area contributed by atoms with Crippen molar-refractivity contribution in [3.63, 3.8) is 0 Å². The lowest BCUT2D eigenvalue weighted by Crippen LogP contribution is -2.43. The Hall–Kier alpha value is -2.04. The molecule has 1 unspecified atom stereocenters. The van der Waals surface area contributed by atoms with Crippen LogP contribution >= 0.6 is 35.0 Å². The lowest BCUT2D eigenvalue weighted by Gasteiger charge is -2.23. The number of anilines is 2. The number of rotatable bonds is 5. The Morgan fingerprint density at radius 1 is 1.19 bits per heavy atom. The zero-order valence-corrected chi connectivity index (χ0v) is 20.0. The lowest BCUT2D eigenvalue weighted by molar-refractivity contribution is 0.0698. The van der Waals surface area contributed by atoms with Crippen molar-refractivity contribution < 1.29 is 18.3 Å². The van der Waals surface area contributed by atoms with Gasteiger partial charge in [0.2, 0.25) is 9.84 Å². The Bertz CT molecular complexity index is 1330. The number of halogens is 2. The smallest absolute Gasteiger partial charge is 0.337 e. The summed E-state index contributed by atoms with van der Waals surface area (Å²) in [6, 6.07) is 9.21. The third-order valence-electron chi connectivity index (χ3n) is 5.08. The molecular weight excluding hydrogens is 493 g/mol. The Labute approximate surface area is 199 Å². The van der Waals surface area contributed by atoms with Crippen LogP contribution < -0.4 is 10.6 Å². The van der Waals surface area contributed by atoms with Crippen molar-refractivity contribution in [2.75, 3.05) is 23.4 Å². The first kappa shape index (κ1) is 23.1. The summed E-state index contributed by atoms with van der Waals surface area (Å²) in [4.78, 5) is 16.2. The van der Waals surface area contributed by atoms with E-state index >= 15 is 0 Å². The van der Waals surface area contributed by atoms with Crippen molar-refractivity contribution in [2.45, 2.75) is 17.3 Å². The monoisotopic (exact) mass is 511 g/mol. The predicted molar refractivity (Wildman–Crippen MR) is 129 cm³/mol. The molecule has 168 valence electrons. The molecule has 2 aromatic carbocycles. The van der Waals surface area contributed by atoms with Crippen LogP contribution in [0.15, 0.2) is 41.4 Å². The van der Waals surface area contributed by atoms with E-state index in [4.69, 9.17) is 23.2 Å². The number of carboxylic acids is 1. The van der Waals surface area contributed by atoms with Crippen LogP contribution in [-0.2, 0) is 9.84 Å². The molecule has 1 saturated heterocycles. The summed E-state index contributed by atoms with van der Waals surface area (Å²) in [5.41, 5.74) is 1.77. The molecule has 0 aliphatic carbocycles. The quantitative estimate of drug-likeness (QED) is 0.451. The van der Waals surface area contributed by atoms with Gasteiger partial charge in [-0.2, -0.15) is 11.8 Å². The Kier molecular flexibility index (Phi) is 6.56. The highest BCUT2D eigenvalue weighted by Crippen LogP contribution is 2.34. The van der Waals surface area contributed by atoms with Gasteiger partial charge in [0.05, 0.1) is 22.5 Å². The summed E-state index contributed by atoms with van der Waals surface area (Å²) >= 11 is 13.8. The minimum absolute atomic E-state index is 0.0454. The number of aryl methyl sites for hydroxylation is 1. The van der Waals surface area contributed by atoms with Crippen LogP contribution in [-0.4, -0.2) is 47.9 Å².